The summed E-state index contributed by atoms with van der Waals surface area (Å²) >= 11 is 0. The van der Waals surface area contributed by atoms with Gasteiger partial charge in [0.05, 0.1) is 7.11 Å². The van der Waals surface area contributed by atoms with E-state index in [1.54, 1.807) is 31.2 Å². The van der Waals surface area contributed by atoms with Gasteiger partial charge in [-0.2, -0.15) is 5.26 Å². The van der Waals surface area contributed by atoms with Crippen molar-refractivity contribution in [2.24, 2.45) is 0 Å². The van der Waals surface area contributed by atoms with Crippen LogP contribution in [0, 0.1) is 11.3 Å². The molecule has 0 fully saturated rings. The molecule has 6 heteroatoms. The zero-order chi connectivity index (χ0) is 15.0. The van der Waals surface area contributed by atoms with Crippen molar-refractivity contribution in [2.45, 2.75) is 19.4 Å². The molecular formula is C14H15NO5. The summed E-state index contributed by atoms with van der Waals surface area (Å²) in [5, 5.41) is 8.98. The number of nitrogens with zero attached hydrogens (tertiary/aromatic N) is 1. The van der Waals surface area contributed by atoms with Crippen LogP contribution in [0.3, 0.4) is 0 Å². The van der Waals surface area contributed by atoms with Crippen LogP contribution in [0.5, 0.6) is 5.75 Å². The minimum atomic E-state index is -0.947. The second-order valence-electron chi connectivity index (χ2n) is 3.79. The summed E-state index contributed by atoms with van der Waals surface area (Å²) in [6.07, 6.45) is -0.740. The Labute approximate surface area is 116 Å². The van der Waals surface area contributed by atoms with Crippen molar-refractivity contribution in [1.29, 1.82) is 5.26 Å². The monoisotopic (exact) mass is 277 g/mol. The highest BCUT2D eigenvalue weighted by molar-refractivity contribution is 5.71. The predicted molar refractivity (Wildman–Crippen MR) is 68.7 cm³/mol. The number of benzene rings is 1. The molecule has 0 bridgehead atoms. The van der Waals surface area contributed by atoms with Crippen LogP contribution in [-0.2, 0) is 19.1 Å². The molecule has 0 saturated carbocycles. The molecule has 0 aromatic heterocycles. The third kappa shape index (κ3) is 4.61. The Morgan fingerprint density at radius 1 is 1.25 bits per heavy atom. The standard InChI is InChI=1S/C14H15NO5/c1-3-13(16)20-12(8-15)10-4-6-11(7-5-10)19-9-14(17)18-2/h4-7,12H,3,9H2,1-2H3/t12-/m1/s1. The van der Waals surface area contributed by atoms with E-state index in [0.29, 0.717) is 11.3 Å². The number of hydrogen-bond acceptors (Lipinski definition) is 6. The van der Waals surface area contributed by atoms with E-state index in [2.05, 4.69) is 4.74 Å². The quantitative estimate of drug-likeness (QED) is 0.736. The summed E-state index contributed by atoms with van der Waals surface area (Å²) in [6, 6.07) is 8.28. The third-order valence-electron chi connectivity index (χ3n) is 2.42. The van der Waals surface area contributed by atoms with Gasteiger partial charge in [-0.1, -0.05) is 19.1 Å². The average Bonchev–Trinajstić information content (AvgIpc) is 2.50. The van der Waals surface area contributed by atoms with E-state index in [9.17, 15) is 9.59 Å². The van der Waals surface area contributed by atoms with Gasteiger partial charge in [-0.3, -0.25) is 4.79 Å². The Hall–Kier alpha value is -2.55. The topological polar surface area (TPSA) is 85.6 Å². The van der Waals surface area contributed by atoms with Crippen LogP contribution in [-0.4, -0.2) is 25.7 Å². The summed E-state index contributed by atoms with van der Waals surface area (Å²) in [5.74, 6) is -0.471. The van der Waals surface area contributed by atoms with Gasteiger partial charge < -0.3 is 14.2 Å². The number of methoxy groups -OCH3 is 1. The largest absolute Gasteiger partial charge is 0.482 e. The average molecular weight is 277 g/mol. The van der Waals surface area contributed by atoms with Crippen molar-refractivity contribution >= 4 is 11.9 Å². The van der Waals surface area contributed by atoms with Crippen molar-refractivity contribution in [2.75, 3.05) is 13.7 Å². The van der Waals surface area contributed by atoms with Crippen LogP contribution in [0.2, 0.25) is 0 Å². The van der Waals surface area contributed by atoms with E-state index in [1.807, 2.05) is 6.07 Å². The first kappa shape index (κ1) is 15.5. The molecule has 1 rings (SSSR count). The van der Waals surface area contributed by atoms with E-state index in [-0.39, 0.29) is 13.0 Å². The van der Waals surface area contributed by atoms with Crippen molar-refractivity contribution in [3.8, 4) is 11.8 Å². The SMILES string of the molecule is CCC(=O)O[C@H](C#N)c1ccc(OCC(=O)OC)cc1. The minimum absolute atomic E-state index is 0.192. The molecule has 6 nitrogen and oxygen atoms in total. The maximum atomic E-state index is 11.2. The molecule has 0 heterocycles. The lowest BCUT2D eigenvalue weighted by molar-refractivity contribution is -0.146. The lowest BCUT2D eigenvalue weighted by atomic mass is 10.1. The highest BCUT2D eigenvalue weighted by atomic mass is 16.6. The first-order valence-corrected chi connectivity index (χ1v) is 5.99. The molecular weight excluding hydrogens is 262 g/mol. The Morgan fingerprint density at radius 2 is 1.90 bits per heavy atom. The number of ether oxygens (including phenoxy) is 3. The molecule has 0 aliphatic heterocycles. The second kappa shape index (κ2) is 7.79. The van der Waals surface area contributed by atoms with Crippen molar-refractivity contribution in [1.82, 2.24) is 0 Å². The lowest BCUT2D eigenvalue weighted by Crippen LogP contribution is -2.12. The van der Waals surface area contributed by atoms with Crippen LogP contribution < -0.4 is 4.74 Å². The summed E-state index contributed by atoms with van der Waals surface area (Å²) in [4.78, 5) is 22.1. The summed E-state index contributed by atoms with van der Waals surface area (Å²) in [7, 11) is 1.27. The summed E-state index contributed by atoms with van der Waals surface area (Å²) < 4.78 is 14.6. The second-order valence-corrected chi connectivity index (χ2v) is 3.79. The Kier molecular flexibility index (Phi) is 6.04. The van der Waals surface area contributed by atoms with E-state index >= 15 is 0 Å². The Bertz CT molecular complexity index is 503. The number of carbonyl (C=O) groups is 2. The van der Waals surface area contributed by atoms with Gasteiger partial charge in [-0.25, -0.2) is 4.79 Å². The fraction of sp³-hybridized carbons (Fsp3) is 0.357. The van der Waals surface area contributed by atoms with Gasteiger partial charge >= 0.3 is 11.9 Å². The summed E-state index contributed by atoms with van der Waals surface area (Å²) in [5.41, 5.74) is 0.541. The molecule has 1 atom stereocenters. The Morgan fingerprint density at radius 3 is 2.40 bits per heavy atom. The van der Waals surface area contributed by atoms with Gasteiger partial charge in [0, 0.05) is 12.0 Å². The van der Waals surface area contributed by atoms with Gasteiger partial charge in [-0.05, 0) is 12.1 Å². The van der Waals surface area contributed by atoms with Crippen LogP contribution in [0.25, 0.3) is 0 Å². The molecule has 0 amide bonds. The third-order valence-corrected chi connectivity index (χ3v) is 2.42. The van der Waals surface area contributed by atoms with E-state index in [4.69, 9.17) is 14.7 Å². The molecule has 1 aromatic rings. The number of carbonyl (C=O) groups excluding carboxylic acids is 2. The van der Waals surface area contributed by atoms with Gasteiger partial charge in [0.2, 0.25) is 6.10 Å². The van der Waals surface area contributed by atoms with E-state index < -0.39 is 18.0 Å². The van der Waals surface area contributed by atoms with Crippen LogP contribution in [0.4, 0.5) is 0 Å². The van der Waals surface area contributed by atoms with Gasteiger partial charge in [0.15, 0.2) is 6.61 Å². The van der Waals surface area contributed by atoms with E-state index in [1.165, 1.54) is 7.11 Å². The van der Waals surface area contributed by atoms with Gasteiger partial charge in [0.1, 0.15) is 11.8 Å². The first-order chi connectivity index (χ1) is 9.60. The molecule has 20 heavy (non-hydrogen) atoms. The molecule has 106 valence electrons. The van der Waals surface area contributed by atoms with Crippen molar-refractivity contribution < 1.29 is 23.8 Å². The number of nitriles is 1. The highest BCUT2D eigenvalue weighted by Crippen LogP contribution is 2.20. The van der Waals surface area contributed by atoms with Gasteiger partial charge in [-0.15, -0.1) is 0 Å². The molecule has 0 unspecified atom stereocenters. The van der Waals surface area contributed by atoms with Crippen LogP contribution in [0.15, 0.2) is 24.3 Å². The smallest absolute Gasteiger partial charge is 0.343 e. The maximum absolute atomic E-state index is 11.2. The number of esters is 2. The molecule has 0 aliphatic carbocycles. The lowest BCUT2D eigenvalue weighted by Gasteiger charge is -2.11. The minimum Gasteiger partial charge on any atom is -0.482 e. The zero-order valence-electron chi connectivity index (χ0n) is 11.3. The molecule has 0 radical (unpaired) electrons. The van der Waals surface area contributed by atoms with Crippen LogP contribution in [0.1, 0.15) is 25.0 Å². The molecule has 1 aromatic carbocycles. The van der Waals surface area contributed by atoms with Gasteiger partial charge in [0.25, 0.3) is 0 Å². The predicted octanol–water partition coefficient (Wildman–Crippen LogP) is 1.76. The molecule has 0 N–H and O–H groups in total. The van der Waals surface area contributed by atoms with E-state index in [0.717, 1.165) is 0 Å². The molecule has 0 saturated heterocycles. The maximum Gasteiger partial charge on any atom is 0.343 e. The van der Waals surface area contributed by atoms with Crippen LogP contribution >= 0.6 is 0 Å². The van der Waals surface area contributed by atoms with Crippen molar-refractivity contribution in [3.05, 3.63) is 29.8 Å². The first-order valence-electron chi connectivity index (χ1n) is 5.99. The molecule has 0 spiro atoms. The number of rotatable bonds is 6. The molecule has 0 aliphatic rings. The highest BCUT2D eigenvalue weighted by Gasteiger charge is 2.15. The number of hydrogen-bond donors (Lipinski definition) is 0. The fourth-order valence-electron chi connectivity index (χ4n) is 1.32. The normalized spacial score (nSPS) is 11.1. The fourth-order valence-corrected chi connectivity index (χ4v) is 1.32. The zero-order valence-corrected chi connectivity index (χ0v) is 11.3. The summed E-state index contributed by atoms with van der Waals surface area (Å²) in [6.45, 7) is 1.46. The van der Waals surface area contributed by atoms with Crippen molar-refractivity contribution in [3.63, 3.8) is 0 Å². The Balaban J connectivity index is 2.67.